The SMILES string of the molecule is Cc1c(C)c(C)c2c(c1C)CCC(c1ccc(Cc3ccc(C4CCc5c(C)c(C)c(C)c(C)c5C4)cc3)cc1)C2. The lowest BCUT2D eigenvalue weighted by atomic mass is 9.75. The van der Waals surface area contributed by atoms with Crippen molar-refractivity contribution in [2.24, 2.45) is 0 Å². The van der Waals surface area contributed by atoms with Gasteiger partial charge in [-0.1, -0.05) is 48.5 Å². The first-order valence-corrected chi connectivity index (χ1v) is 16.0. The molecule has 0 fully saturated rings. The summed E-state index contributed by atoms with van der Waals surface area (Å²) in [6.45, 7) is 18.6. The van der Waals surface area contributed by atoms with Crippen molar-refractivity contribution in [3.05, 3.63) is 138 Å². The van der Waals surface area contributed by atoms with Crippen LogP contribution in [0.1, 0.15) is 114 Å². The molecule has 41 heavy (non-hydrogen) atoms. The molecule has 0 aliphatic heterocycles. The molecule has 0 bridgehead atoms. The normalized spacial score (nSPS) is 18.2. The van der Waals surface area contributed by atoms with Crippen LogP contribution in [-0.2, 0) is 32.1 Å². The molecule has 0 heterocycles. The Morgan fingerprint density at radius 3 is 1.07 bits per heavy atom. The largest absolute Gasteiger partial charge is 0.0585 e. The summed E-state index contributed by atoms with van der Waals surface area (Å²) < 4.78 is 0. The van der Waals surface area contributed by atoms with Crippen LogP contribution in [0.3, 0.4) is 0 Å². The quantitative estimate of drug-likeness (QED) is 0.241. The lowest BCUT2D eigenvalue weighted by Gasteiger charge is -2.30. The van der Waals surface area contributed by atoms with E-state index < -0.39 is 0 Å². The van der Waals surface area contributed by atoms with E-state index in [1.807, 2.05) is 0 Å². The van der Waals surface area contributed by atoms with Crippen LogP contribution in [0.15, 0.2) is 48.5 Å². The molecule has 2 atom stereocenters. The Hall–Kier alpha value is -3.12. The second kappa shape index (κ2) is 10.9. The van der Waals surface area contributed by atoms with Gasteiger partial charge in [-0.05, 0) is 201 Å². The molecule has 2 aliphatic carbocycles. The minimum Gasteiger partial charge on any atom is -0.0585 e. The highest BCUT2D eigenvalue weighted by Crippen LogP contribution is 2.40. The number of fused-ring (bicyclic) bond motifs is 2. The van der Waals surface area contributed by atoms with Crippen LogP contribution in [0.25, 0.3) is 0 Å². The van der Waals surface area contributed by atoms with Crippen molar-refractivity contribution in [2.45, 2.75) is 112 Å². The molecule has 0 N–H and O–H groups in total. The van der Waals surface area contributed by atoms with E-state index in [1.54, 1.807) is 22.3 Å². The molecule has 0 nitrogen and oxygen atoms in total. The molecule has 4 aromatic rings. The predicted molar refractivity (Wildman–Crippen MR) is 176 cm³/mol. The number of rotatable bonds is 4. The lowest BCUT2D eigenvalue weighted by Crippen LogP contribution is -2.17. The summed E-state index contributed by atoms with van der Waals surface area (Å²) >= 11 is 0. The van der Waals surface area contributed by atoms with Crippen LogP contribution >= 0.6 is 0 Å². The van der Waals surface area contributed by atoms with Gasteiger partial charge in [0.05, 0.1) is 0 Å². The maximum atomic E-state index is 2.41. The van der Waals surface area contributed by atoms with E-state index in [-0.39, 0.29) is 0 Å². The van der Waals surface area contributed by atoms with E-state index in [0.717, 1.165) is 6.42 Å². The molecular weight excluding hydrogens is 492 g/mol. The molecule has 212 valence electrons. The second-order valence-electron chi connectivity index (χ2n) is 13.5. The second-order valence-corrected chi connectivity index (χ2v) is 13.5. The van der Waals surface area contributed by atoms with Gasteiger partial charge in [-0.25, -0.2) is 0 Å². The average Bonchev–Trinajstić information content (AvgIpc) is 3.01. The van der Waals surface area contributed by atoms with Crippen molar-refractivity contribution in [3.63, 3.8) is 0 Å². The Morgan fingerprint density at radius 1 is 0.415 bits per heavy atom. The van der Waals surface area contributed by atoms with Gasteiger partial charge in [0.1, 0.15) is 0 Å². The summed E-state index contributed by atoms with van der Waals surface area (Å²) in [5.74, 6) is 1.27. The van der Waals surface area contributed by atoms with E-state index in [1.165, 1.54) is 105 Å². The molecule has 0 saturated heterocycles. The highest BCUT2D eigenvalue weighted by Gasteiger charge is 2.26. The zero-order chi connectivity index (χ0) is 29.0. The highest BCUT2D eigenvalue weighted by molar-refractivity contribution is 5.53. The minimum atomic E-state index is 0.636. The number of hydrogen-bond acceptors (Lipinski definition) is 0. The van der Waals surface area contributed by atoms with Crippen molar-refractivity contribution >= 4 is 0 Å². The van der Waals surface area contributed by atoms with E-state index >= 15 is 0 Å². The molecule has 0 saturated carbocycles. The fraction of sp³-hybridized carbons (Fsp3) is 0.415. The summed E-state index contributed by atoms with van der Waals surface area (Å²) in [5.41, 5.74) is 24.5. The maximum absolute atomic E-state index is 2.41. The Morgan fingerprint density at radius 2 is 0.732 bits per heavy atom. The standard InChI is InChI=1S/C41H48/c1-24-26(3)30(7)40-22-36(17-19-38(40)28(24)5)34-13-9-32(10-14-34)21-33-11-15-35(16-12-33)37-18-20-39-29(6)25(2)27(4)31(8)41(39)23-37/h9-16,36-37H,17-23H2,1-8H3. The van der Waals surface area contributed by atoms with Gasteiger partial charge >= 0.3 is 0 Å². The van der Waals surface area contributed by atoms with Crippen LogP contribution in [-0.4, -0.2) is 0 Å². The third-order valence-corrected chi connectivity index (χ3v) is 11.6. The fourth-order valence-electron chi connectivity index (χ4n) is 8.12. The number of hydrogen-bond donors (Lipinski definition) is 0. The van der Waals surface area contributed by atoms with Crippen LogP contribution in [0.5, 0.6) is 0 Å². The Labute approximate surface area is 249 Å². The van der Waals surface area contributed by atoms with Gasteiger partial charge in [-0.15, -0.1) is 0 Å². The summed E-state index contributed by atoms with van der Waals surface area (Å²) in [6, 6.07) is 19.2. The molecule has 4 aromatic carbocycles. The average molecular weight is 541 g/mol. The van der Waals surface area contributed by atoms with Crippen molar-refractivity contribution < 1.29 is 0 Å². The first-order chi connectivity index (χ1) is 19.6. The lowest BCUT2D eigenvalue weighted by molar-refractivity contribution is 0.579. The number of benzene rings is 4. The molecule has 2 aliphatic rings. The zero-order valence-electron chi connectivity index (χ0n) is 26.7. The third-order valence-electron chi connectivity index (χ3n) is 11.6. The van der Waals surface area contributed by atoms with Crippen LogP contribution < -0.4 is 0 Å². The van der Waals surface area contributed by atoms with Crippen molar-refractivity contribution in [1.82, 2.24) is 0 Å². The van der Waals surface area contributed by atoms with E-state index in [4.69, 9.17) is 0 Å². The smallest absolute Gasteiger partial charge is 0.00258 e. The van der Waals surface area contributed by atoms with E-state index in [9.17, 15) is 0 Å². The maximum Gasteiger partial charge on any atom is -0.00258 e. The van der Waals surface area contributed by atoms with Gasteiger partial charge in [0.25, 0.3) is 0 Å². The van der Waals surface area contributed by atoms with Gasteiger partial charge < -0.3 is 0 Å². The monoisotopic (exact) mass is 540 g/mol. The molecule has 0 amide bonds. The summed E-state index contributed by atoms with van der Waals surface area (Å²) in [7, 11) is 0. The van der Waals surface area contributed by atoms with Crippen molar-refractivity contribution in [2.75, 3.05) is 0 Å². The van der Waals surface area contributed by atoms with E-state index in [0.29, 0.717) is 11.8 Å². The minimum absolute atomic E-state index is 0.636. The third kappa shape index (κ3) is 4.98. The fourth-order valence-corrected chi connectivity index (χ4v) is 8.12. The van der Waals surface area contributed by atoms with Crippen LogP contribution in [0.4, 0.5) is 0 Å². The molecule has 0 spiro atoms. The Balaban J connectivity index is 1.13. The highest BCUT2D eigenvalue weighted by atomic mass is 14.3. The van der Waals surface area contributed by atoms with Crippen molar-refractivity contribution in [3.8, 4) is 0 Å². The van der Waals surface area contributed by atoms with Gasteiger partial charge in [0, 0.05) is 0 Å². The van der Waals surface area contributed by atoms with E-state index in [2.05, 4.69) is 104 Å². The molecule has 6 rings (SSSR count). The summed E-state index contributed by atoms with van der Waals surface area (Å²) in [5, 5.41) is 0. The molecular formula is C41H48. The zero-order valence-corrected chi connectivity index (χ0v) is 26.7. The van der Waals surface area contributed by atoms with Crippen LogP contribution in [0, 0.1) is 55.4 Å². The Bertz CT molecular complexity index is 1490. The Kier molecular flexibility index (Phi) is 7.48. The predicted octanol–water partition coefficient (Wildman–Crippen LogP) is 10.3. The van der Waals surface area contributed by atoms with Crippen LogP contribution in [0.2, 0.25) is 0 Å². The first kappa shape index (κ1) is 28.0. The van der Waals surface area contributed by atoms with Gasteiger partial charge in [0.2, 0.25) is 0 Å². The molecule has 0 aromatic heterocycles. The first-order valence-electron chi connectivity index (χ1n) is 16.0. The molecule has 0 heteroatoms. The van der Waals surface area contributed by atoms with Crippen molar-refractivity contribution in [1.29, 1.82) is 0 Å². The molecule has 2 unspecified atom stereocenters. The van der Waals surface area contributed by atoms with Gasteiger partial charge in [-0.3, -0.25) is 0 Å². The summed E-state index contributed by atoms with van der Waals surface area (Å²) in [4.78, 5) is 0. The van der Waals surface area contributed by atoms with Gasteiger partial charge in [-0.2, -0.15) is 0 Å². The summed E-state index contributed by atoms with van der Waals surface area (Å²) in [6.07, 6.45) is 8.34. The molecule has 0 radical (unpaired) electrons. The van der Waals surface area contributed by atoms with Gasteiger partial charge in [0.15, 0.2) is 0 Å². The topological polar surface area (TPSA) is 0 Å².